The first kappa shape index (κ1) is 9.90. The molecular weight excluding hydrogens is 244 g/mol. The molecule has 0 spiro atoms. The van der Waals surface area contributed by atoms with Gasteiger partial charge in [-0.25, -0.2) is 0 Å². The zero-order valence-corrected chi connectivity index (χ0v) is 9.53. The van der Waals surface area contributed by atoms with Gasteiger partial charge in [0.25, 0.3) is 0 Å². The molecular formula is C10H13BrN2O. The number of rotatable bonds is 3. The van der Waals surface area contributed by atoms with Crippen LogP contribution in [0.15, 0.2) is 16.9 Å². The average Bonchev–Trinajstić information content (AvgIpc) is 2.75. The predicted octanol–water partition coefficient (Wildman–Crippen LogP) is 2.40. The van der Waals surface area contributed by atoms with Gasteiger partial charge in [0.2, 0.25) is 0 Å². The maximum absolute atomic E-state index is 11.7. The Morgan fingerprint density at radius 1 is 1.57 bits per heavy atom. The van der Waals surface area contributed by atoms with Crippen LogP contribution >= 0.6 is 15.9 Å². The standard InChI is InChI=1S/C10H13BrN2O/c11-9-5-12-13(6-9)7-10(14)8-3-1-2-4-8/h5-6,8H,1-4,7H2. The monoisotopic (exact) mass is 256 g/mol. The van der Waals surface area contributed by atoms with Crippen LogP contribution in [-0.4, -0.2) is 15.6 Å². The third-order valence-corrected chi connectivity index (χ3v) is 3.14. The van der Waals surface area contributed by atoms with Gasteiger partial charge in [-0.2, -0.15) is 5.10 Å². The lowest BCUT2D eigenvalue weighted by Gasteiger charge is -2.06. The molecule has 0 unspecified atom stereocenters. The van der Waals surface area contributed by atoms with Gasteiger partial charge >= 0.3 is 0 Å². The second-order valence-electron chi connectivity index (χ2n) is 3.80. The first-order chi connectivity index (χ1) is 6.75. The van der Waals surface area contributed by atoms with Gasteiger partial charge in [0.05, 0.1) is 17.2 Å². The van der Waals surface area contributed by atoms with E-state index in [2.05, 4.69) is 21.0 Å². The van der Waals surface area contributed by atoms with Crippen LogP contribution in [0.3, 0.4) is 0 Å². The number of hydrogen-bond acceptors (Lipinski definition) is 2. The molecule has 1 aromatic rings. The Balaban J connectivity index is 1.93. The molecule has 1 aliphatic rings. The van der Waals surface area contributed by atoms with E-state index in [0.29, 0.717) is 12.3 Å². The summed E-state index contributed by atoms with van der Waals surface area (Å²) < 4.78 is 2.63. The Kier molecular flexibility index (Phi) is 3.01. The van der Waals surface area contributed by atoms with Gasteiger partial charge in [-0.3, -0.25) is 9.48 Å². The van der Waals surface area contributed by atoms with E-state index in [0.717, 1.165) is 17.3 Å². The number of carbonyl (C=O) groups is 1. The smallest absolute Gasteiger partial charge is 0.157 e. The van der Waals surface area contributed by atoms with Crippen molar-refractivity contribution in [3.8, 4) is 0 Å². The fraction of sp³-hybridized carbons (Fsp3) is 0.600. The van der Waals surface area contributed by atoms with Crippen molar-refractivity contribution in [2.24, 2.45) is 5.92 Å². The fourth-order valence-electron chi connectivity index (χ4n) is 1.96. The summed E-state index contributed by atoms with van der Waals surface area (Å²) in [4.78, 5) is 11.7. The number of aromatic nitrogens is 2. The SMILES string of the molecule is O=C(Cn1cc(Br)cn1)C1CCCC1. The quantitative estimate of drug-likeness (QED) is 0.833. The van der Waals surface area contributed by atoms with Gasteiger partial charge in [0, 0.05) is 12.1 Å². The molecule has 1 aliphatic carbocycles. The minimum absolute atomic E-state index is 0.290. The van der Waals surface area contributed by atoms with Crippen LogP contribution in [0.5, 0.6) is 0 Å². The Morgan fingerprint density at radius 3 is 2.86 bits per heavy atom. The molecule has 14 heavy (non-hydrogen) atoms. The van der Waals surface area contributed by atoms with Gasteiger partial charge < -0.3 is 0 Å². The molecule has 0 radical (unpaired) electrons. The van der Waals surface area contributed by atoms with Crippen LogP contribution in [0, 0.1) is 5.92 Å². The molecule has 0 atom stereocenters. The molecule has 3 nitrogen and oxygen atoms in total. The van der Waals surface area contributed by atoms with Gasteiger partial charge in [-0.1, -0.05) is 12.8 Å². The van der Waals surface area contributed by atoms with Crippen molar-refractivity contribution in [1.29, 1.82) is 0 Å². The van der Waals surface area contributed by atoms with Crippen LogP contribution in [0.2, 0.25) is 0 Å². The lowest BCUT2D eigenvalue weighted by molar-refractivity contribution is -0.123. The molecule has 76 valence electrons. The van der Waals surface area contributed by atoms with Crippen LogP contribution < -0.4 is 0 Å². The van der Waals surface area contributed by atoms with Crippen molar-refractivity contribution >= 4 is 21.7 Å². The molecule has 0 aliphatic heterocycles. The number of hydrogen-bond donors (Lipinski definition) is 0. The topological polar surface area (TPSA) is 34.9 Å². The first-order valence-corrected chi connectivity index (χ1v) is 5.75. The van der Waals surface area contributed by atoms with Gasteiger partial charge in [0.1, 0.15) is 0 Å². The Morgan fingerprint density at radius 2 is 2.29 bits per heavy atom. The van der Waals surface area contributed by atoms with Gasteiger partial charge in [0.15, 0.2) is 5.78 Å². The predicted molar refractivity (Wildman–Crippen MR) is 56.9 cm³/mol. The second-order valence-corrected chi connectivity index (χ2v) is 4.72. The zero-order chi connectivity index (χ0) is 9.97. The summed E-state index contributed by atoms with van der Waals surface area (Å²) in [6.07, 6.45) is 8.11. The fourth-order valence-corrected chi connectivity index (χ4v) is 2.29. The third kappa shape index (κ3) is 2.23. The molecule has 0 saturated heterocycles. The van der Waals surface area contributed by atoms with Gasteiger partial charge in [-0.15, -0.1) is 0 Å². The van der Waals surface area contributed by atoms with E-state index in [1.165, 1.54) is 12.8 Å². The Hall–Kier alpha value is -0.640. The Labute approximate surface area is 91.6 Å². The number of halogens is 1. The molecule has 1 saturated carbocycles. The summed E-state index contributed by atoms with van der Waals surface area (Å²) >= 11 is 3.31. The minimum atomic E-state index is 0.290. The molecule has 0 amide bonds. The van der Waals surface area contributed by atoms with E-state index in [1.54, 1.807) is 10.9 Å². The number of nitrogens with zero attached hydrogens (tertiary/aromatic N) is 2. The van der Waals surface area contributed by atoms with E-state index in [-0.39, 0.29) is 5.92 Å². The zero-order valence-electron chi connectivity index (χ0n) is 7.95. The molecule has 1 aromatic heterocycles. The summed E-state index contributed by atoms with van der Waals surface area (Å²) in [6.45, 7) is 0.427. The van der Waals surface area contributed by atoms with E-state index < -0.39 is 0 Å². The lowest BCUT2D eigenvalue weighted by Crippen LogP contribution is -2.18. The number of carbonyl (C=O) groups excluding carboxylic acids is 1. The highest BCUT2D eigenvalue weighted by molar-refractivity contribution is 9.10. The van der Waals surface area contributed by atoms with E-state index >= 15 is 0 Å². The van der Waals surface area contributed by atoms with Crippen molar-refractivity contribution in [3.63, 3.8) is 0 Å². The maximum Gasteiger partial charge on any atom is 0.157 e. The van der Waals surface area contributed by atoms with Crippen LogP contribution in [0.1, 0.15) is 25.7 Å². The van der Waals surface area contributed by atoms with Crippen molar-refractivity contribution in [2.45, 2.75) is 32.2 Å². The summed E-state index contributed by atoms with van der Waals surface area (Å²) in [5.74, 6) is 0.621. The minimum Gasteiger partial charge on any atom is -0.297 e. The Bertz CT molecular complexity index is 329. The van der Waals surface area contributed by atoms with E-state index in [4.69, 9.17) is 0 Å². The van der Waals surface area contributed by atoms with Gasteiger partial charge in [-0.05, 0) is 28.8 Å². The molecule has 0 aromatic carbocycles. The summed E-state index contributed by atoms with van der Waals surface area (Å²) in [7, 11) is 0. The lowest BCUT2D eigenvalue weighted by atomic mass is 10.0. The molecule has 0 N–H and O–H groups in total. The van der Waals surface area contributed by atoms with Crippen LogP contribution in [0.4, 0.5) is 0 Å². The van der Waals surface area contributed by atoms with Crippen molar-refractivity contribution < 1.29 is 4.79 Å². The average molecular weight is 257 g/mol. The largest absolute Gasteiger partial charge is 0.297 e. The molecule has 1 fully saturated rings. The van der Waals surface area contributed by atoms with E-state index in [1.807, 2.05) is 6.20 Å². The molecule has 0 bridgehead atoms. The van der Waals surface area contributed by atoms with Crippen molar-refractivity contribution in [2.75, 3.05) is 0 Å². The molecule has 2 rings (SSSR count). The first-order valence-electron chi connectivity index (χ1n) is 4.96. The normalized spacial score (nSPS) is 17.5. The van der Waals surface area contributed by atoms with Crippen molar-refractivity contribution in [1.82, 2.24) is 9.78 Å². The maximum atomic E-state index is 11.7. The molecule has 1 heterocycles. The summed E-state index contributed by atoms with van der Waals surface area (Å²) in [5, 5.41) is 4.08. The summed E-state index contributed by atoms with van der Waals surface area (Å²) in [6, 6.07) is 0. The second kappa shape index (κ2) is 4.26. The van der Waals surface area contributed by atoms with Crippen LogP contribution in [-0.2, 0) is 11.3 Å². The third-order valence-electron chi connectivity index (χ3n) is 2.73. The number of ketones is 1. The van der Waals surface area contributed by atoms with Crippen molar-refractivity contribution in [3.05, 3.63) is 16.9 Å². The highest BCUT2D eigenvalue weighted by Crippen LogP contribution is 2.25. The number of Topliss-reactive ketones (excluding diaryl/α,β-unsaturated/α-hetero) is 1. The summed E-state index contributed by atoms with van der Waals surface area (Å²) in [5.41, 5.74) is 0. The van der Waals surface area contributed by atoms with Crippen LogP contribution in [0.25, 0.3) is 0 Å². The highest BCUT2D eigenvalue weighted by Gasteiger charge is 2.22. The van der Waals surface area contributed by atoms with E-state index in [9.17, 15) is 4.79 Å². The highest BCUT2D eigenvalue weighted by atomic mass is 79.9. The molecule has 4 heteroatoms.